The van der Waals surface area contributed by atoms with Gasteiger partial charge in [-0.2, -0.15) is 0 Å². The minimum Gasteiger partial charge on any atom is -0.413 e. The molecule has 204 valence electrons. The normalized spacial score (nSPS) is 23.7. The Morgan fingerprint density at radius 2 is 1.60 bits per heavy atom. The molecule has 1 N–H and O–H groups in total. The smallest absolute Gasteiger partial charge is 0.192 e. The summed E-state index contributed by atoms with van der Waals surface area (Å²) in [5.41, 5.74) is 0. The van der Waals surface area contributed by atoms with Gasteiger partial charge in [0.15, 0.2) is 16.6 Å². The van der Waals surface area contributed by atoms with E-state index in [0.29, 0.717) is 12.8 Å². The molecule has 0 aliphatic heterocycles. The molecule has 0 radical (unpaired) electrons. The topological polar surface area (TPSA) is 55.8 Å². The lowest BCUT2D eigenvalue weighted by Crippen LogP contribution is -2.45. The molecule has 4 nitrogen and oxygen atoms in total. The van der Waals surface area contributed by atoms with Crippen LogP contribution >= 0.6 is 0 Å². The van der Waals surface area contributed by atoms with Gasteiger partial charge in [-0.15, -0.1) is 0 Å². The summed E-state index contributed by atoms with van der Waals surface area (Å²) in [6.45, 7) is 25.0. The quantitative estimate of drug-likeness (QED) is 0.150. The van der Waals surface area contributed by atoms with E-state index in [-0.39, 0.29) is 46.5 Å². The van der Waals surface area contributed by atoms with Gasteiger partial charge in [-0.25, -0.2) is 0 Å². The van der Waals surface area contributed by atoms with Crippen molar-refractivity contribution in [1.82, 2.24) is 0 Å². The summed E-state index contributed by atoms with van der Waals surface area (Å²) in [5, 5.41) is 9.44. The van der Waals surface area contributed by atoms with Crippen molar-refractivity contribution in [3.63, 3.8) is 0 Å². The number of ketones is 1. The van der Waals surface area contributed by atoms with E-state index in [9.17, 15) is 9.90 Å². The van der Waals surface area contributed by atoms with Gasteiger partial charge in [-0.3, -0.25) is 4.79 Å². The lowest BCUT2D eigenvalue weighted by molar-refractivity contribution is -0.121. The maximum atomic E-state index is 13.1. The summed E-state index contributed by atoms with van der Waals surface area (Å²) in [6.07, 6.45) is 13.9. The maximum Gasteiger partial charge on any atom is 0.192 e. The number of aliphatic hydroxyl groups excluding tert-OH is 1. The Morgan fingerprint density at radius 1 is 1.00 bits per heavy atom. The van der Waals surface area contributed by atoms with Crippen molar-refractivity contribution in [3.8, 4) is 0 Å². The average molecular weight is 525 g/mol. The monoisotopic (exact) mass is 524 g/mol. The second kappa shape index (κ2) is 13.3. The van der Waals surface area contributed by atoms with Crippen molar-refractivity contribution in [2.24, 2.45) is 11.8 Å². The Labute approximate surface area is 219 Å². The number of Topliss-reactive ketones (excluding diaryl/α,β-unsaturated/α-hetero) is 1. The van der Waals surface area contributed by atoms with Crippen molar-refractivity contribution in [2.45, 2.75) is 135 Å². The molecule has 35 heavy (non-hydrogen) atoms. The molecule has 0 heterocycles. The van der Waals surface area contributed by atoms with Crippen molar-refractivity contribution < 1.29 is 18.8 Å². The number of allylic oxidation sites excluding steroid dienone is 1. The molecule has 1 fully saturated rings. The highest BCUT2D eigenvalue weighted by molar-refractivity contribution is 6.74. The van der Waals surface area contributed by atoms with Gasteiger partial charge in [0.1, 0.15) is 5.78 Å². The van der Waals surface area contributed by atoms with Crippen molar-refractivity contribution >= 4 is 22.4 Å². The minimum absolute atomic E-state index is 0.00513. The van der Waals surface area contributed by atoms with Crippen LogP contribution < -0.4 is 0 Å². The van der Waals surface area contributed by atoms with Crippen LogP contribution in [0.3, 0.4) is 0 Å². The van der Waals surface area contributed by atoms with E-state index in [1.54, 1.807) is 6.08 Å². The molecule has 0 saturated heterocycles. The second-order valence-electron chi connectivity index (χ2n) is 13.5. The zero-order valence-electron chi connectivity index (χ0n) is 24.7. The molecule has 0 aromatic carbocycles. The van der Waals surface area contributed by atoms with Gasteiger partial charge < -0.3 is 14.0 Å². The fourth-order valence-electron chi connectivity index (χ4n) is 4.10. The SMILES string of the molecule is CCCCCC(/C=C/[C@H]1[C@H](O[Si](C)(C)C(C)(C)C)CC(=O)[C@@H]1C/C=C\CO)O[Si](C)(C)C(C)(C)C. The highest BCUT2D eigenvalue weighted by Crippen LogP contribution is 2.43. The van der Waals surface area contributed by atoms with E-state index in [2.05, 4.69) is 86.8 Å². The first kappa shape index (κ1) is 32.5. The van der Waals surface area contributed by atoms with Crippen LogP contribution in [0.4, 0.5) is 0 Å². The summed E-state index contributed by atoms with van der Waals surface area (Å²) < 4.78 is 13.7. The predicted molar refractivity (Wildman–Crippen MR) is 155 cm³/mol. The van der Waals surface area contributed by atoms with E-state index in [0.717, 1.165) is 12.8 Å². The summed E-state index contributed by atoms with van der Waals surface area (Å²) in [7, 11) is -3.95. The zero-order chi connectivity index (χ0) is 27.1. The fourth-order valence-corrected chi connectivity index (χ4v) is 6.75. The molecular weight excluding hydrogens is 468 g/mol. The van der Waals surface area contributed by atoms with E-state index in [4.69, 9.17) is 8.85 Å². The number of hydrogen-bond acceptors (Lipinski definition) is 4. The average Bonchev–Trinajstić information content (AvgIpc) is 2.98. The molecule has 1 rings (SSSR count). The fraction of sp³-hybridized carbons (Fsp3) is 0.828. The molecule has 1 aliphatic rings. The van der Waals surface area contributed by atoms with Gasteiger partial charge in [-0.1, -0.05) is 92.0 Å². The molecule has 1 unspecified atom stereocenters. The van der Waals surface area contributed by atoms with Crippen molar-refractivity contribution in [2.75, 3.05) is 6.61 Å². The Morgan fingerprint density at radius 3 is 2.11 bits per heavy atom. The number of carbonyl (C=O) groups is 1. The third-order valence-electron chi connectivity index (χ3n) is 8.52. The molecule has 0 spiro atoms. The van der Waals surface area contributed by atoms with Crippen molar-refractivity contribution in [3.05, 3.63) is 24.3 Å². The third-order valence-corrected chi connectivity index (χ3v) is 17.5. The van der Waals surface area contributed by atoms with Crippen LogP contribution in [0, 0.1) is 11.8 Å². The predicted octanol–water partition coefficient (Wildman–Crippen LogP) is 8.05. The van der Waals surface area contributed by atoms with Crippen LogP contribution in [0.15, 0.2) is 24.3 Å². The van der Waals surface area contributed by atoms with E-state index in [1.807, 2.05) is 6.08 Å². The molecule has 0 aromatic heterocycles. The molecule has 1 saturated carbocycles. The summed E-state index contributed by atoms with van der Waals surface area (Å²) in [4.78, 5) is 13.1. The summed E-state index contributed by atoms with van der Waals surface area (Å²) >= 11 is 0. The lowest BCUT2D eigenvalue weighted by Gasteiger charge is -2.40. The Hall–Kier alpha value is -0.536. The van der Waals surface area contributed by atoms with Gasteiger partial charge >= 0.3 is 0 Å². The van der Waals surface area contributed by atoms with Gasteiger partial charge in [0, 0.05) is 18.3 Å². The Kier molecular flexibility index (Phi) is 12.4. The molecule has 4 atom stereocenters. The molecular formula is C29H56O4Si2. The van der Waals surface area contributed by atoms with E-state index < -0.39 is 16.6 Å². The number of aliphatic hydroxyl groups is 1. The number of unbranched alkanes of at least 4 members (excludes halogenated alkanes) is 2. The number of hydrogen-bond donors (Lipinski definition) is 1. The first-order valence-corrected chi connectivity index (χ1v) is 19.6. The van der Waals surface area contributed by atoms with Crippen LogP contribution in [0.25, 0.3) is 0 Å². The number of carbonyl (C=O) groups excluding carboxylic acids is 1. The van der Waals surface area contributed by atoms with Crippen LogP contribution in [-0.2, 0) is 13.6 Å². The van der Waals surface area contributed by atoms with E-state index in [1.165, 1.54) is 12.8 Å². The van der Waals surface area contributed by atoms with E-state index >= 15 is 0 Å². The molecule has 1 aliphatic carbocycles. The first-order chi connectivity index (χ1) is 16.0. The first-order valence-electron chi connectivity index (χ1n) is 13.8. The Bertz CT molecular complexity index is 713. The highest BCUT2D eigenvalue weighted by Gasteiger charge is 2.47. The molecule has 0 bridgehead atoms. The minimum atomic E-state index is -2.02. The maximum absolute atomic E-state index is 13.1. The highest BCUT2D eigenvalue weighted by atomic mass is 28.4. The van der Waals surface area contributed by atoms with Crippen LogP contribution in [0.5, 0.6) is 0 Å². The lowest BCUT2D eigenvalue weighted by atomic mass is 9.90. The van der Waals surface area contributed by atoms with Gasteiger partial charge in [0.05, 0.1) is 18.8 Å². The summed E-state index contributed by atoms with van der Waals surface area (Å²) in [5.74, 6) is 0.212. The van der Waals surface area contributed by atoms with Gasteiger partial charge in [-0.05, 0) is 49.1 Å². The van der Waals surface area contributed by atoms with Gasteiger partial charge in [0.25, 0.3) is 0 Å². The number of rotatable bonds is 13. The van der Waals surface area contributed by atoms with Crippen molar-refractivity contribution in [1.29, 1.82) is 0 Å². The standard InChI is InChI=1S/C29H56O4Si2/c1-12-13-14-17-23(32-34(8,9)28(2,3)4)19-20-25-24(18-15-16-21-30)26(31)22-27(25)33-35(10,11)29(5,6)7/h15-16,19-20,23-25,27,30H,12-14,17-18,21-22H2,1-11H3/b16-15-,20-19+/t23?,24-,25-,27-/m1/s1. The van der Waals surface area contributed by atoms with Gasteiger partial charge in [0.2, 0.25) is 0 Å². The van der Waals surface area contributed by atoms with Crippen LogP contribution in [-0.4, -0.2) is 46.3 Å². The summed E-state index contributed by atoms with van der Waals surface area (Å²) in [6, 6.07) is 0. The van der Waals surface area contributed by atoms with Crippen LogP contribution in [0.1, 0.15) is 87.0 Å². The third kappa shape index (κ3) is 9.69. The second-order valence-corrected chi connectivity index (χ2v) is 23.0. The molecule has 0 amide bonds. The van der Waals surface area contributed by atoms with Crippen LogP contribution in [0.2, 0.25) is 36.3 Å². The molecule has 6 heteroatoms. The Balaban J connectivity index is 3.26. The molecule has 0 aromatic rings. The largest absolute Gasteiger partial charge is 0.413 e. The zero-order valence-corrected chi connectivity index (χ0v) is 26.7.